The molecule has 0 aromatic heterocycles. The van der Waals surface area contributed by atoms with Crippen molar-refractivity contribution in [2.45, 2.75) is 58.9 Å². The average molecular weight is 239 g/mol. The summed E-state index contributed by atoms with van der Waals surface area (Å²) in [5.74, 6) is 1.37. The summed E-state index contributed by atoms with van der Waals surface area (Å²) in [6.07, 6.45) is 6.76. The monoisotopic (exact) mass is 239 g/mol. The van der Waals surface area contributed by atoms with Gasteiger partial charge in [0.2, 0.25) is 0 Å². The molecule has 1 saturated carbocycles. The van der Waals surface area contributed by atoms with E-state index in [4.69, 9.17) is 11.1 Å². The van der Waals surface area contributed by atoms with Crippen LogP contribution in [0.5, 0.6) is 0 Å². The maximum Gasteiger partial charge on any atom is 0.0947 e. The summed E-state index contributed by atoms with van der Waals surface area (Å²) in [6, 6.07) is 0.723. The Morgan fingerprint density at radius 2 is 2.00 bits per heavy atom. The molecule has 0 radical (unpaired) electrons. The highest BCUT2D eigenvalue weighted by atomic mass is 15.2. The third-order valence-corrected chi connectivity index (χ3v) is 4.31. The van der Waals surface area contributed by atoms with Crippen molar-refractivity contribution in [3.05, 3.63) is 0 Å². The molecule has 0 saturated heterocycles. The quantitative estimate of drug-likeness (QED) is 0.553. The van der Waals surface area contributed by atoms with Gasteiger partial charge in [-0.05, 0) is 25.3 Å². The van der Waals surface area contributed by atoms with Gasteiger partial charge in [0.05, 0.1) is 5.84 Å². The lowest BCUT2D eigenvalue weighted by atomic mass is 9.81. The number of rotatable bonds is 6. The minimum absolute atomic E-state index is 0.189. The molecular weight excluding hydrogens is 210 g/mol. The third kappa shape index (κ3) is 3.98. The summed E-state index contributed by atoms with van der Waals surface area (Å²) in [5.41, 5.74) is 5.59. The Bertz CT molecular complexity index is 240. The van der Waals surface area contributed by atoms with Crippen molar-refractivity contribution in [3.8, 4) is 0 Å². The third-order valence-electron chi connectivity index (χ3n) is 4.31. The van der Waals surface area contributed by atoms with Crippen molar-refractivity contribution < 1.29 is 0 Å². The lowest BCUT2D eigenvalue weighted by Gasteiger charge is -2.40. The Morgan fingerprint density at radius 1 is 1.35 bits per heavy atom. The molecule has 0 heterocycles. The molecule has 3 heteroatoms. The molecule has 1 aliphatic carbocycles. The fourth-order valence-corrected chi connectivity index (χ4v) is 3.09. The van der Waals surface area contributed by atoms with Gasteiger partial charge in [-0.25, -0.2) is 0 Å². The van der Waals surface area contributed by atoms with Crippen LogP contribution in [0.25, 0.3) is 0 Å². The number of hydrogen-bond acceptors (Lipinski definition) is 2. The number of hydrogen-bond donors (Lipinski definition) is 2. The van der Waals surface area contributed by atoms with E-state index in [1.165, 1.54) is 32.1 Å². The molecule has 3 atom stereocenters. The van der Waals surface area contributed by atoms with E-state index in [0.29, 0.717) is 5.84 Å². The average Bonchev–Trinajstić information content (AvgIpc) is 2.35. The first-order chi connectivity index (χ1) is 8.10. The first kappa shape index (κ1) is 14.5. The first-order valence-corrected chi connectivity index (χ1v) is 7.18. The first-order valence-electron chi connectivity index (χ1n) is 7.18. The van der Waals surface area contributed by atoms with E-state index < -0.39 is 0 Å². The molecule has 1 fully saturated rings. The molecule has 0 aliphatic heterocycles. The highest BCUT2D eigenvalue weighted by Gasteiger charge is 2.29. The number of amidine groups is 1. The fourth-order valence-electron chi connectivity index (χ4n) is 3.09. The lowest BCUT2D eigenvalue weighted by molar-refractivity contribution is 0.0998. The molecule has 0 amide bonds. The minimum atomic E-state index is 0.189. The summed E-state index contributed by atoms with van der Waals surface area (Å²) in [7, 11) is 0. The van der Waals surface area contributed by atoms with Gasteiger partial charge in [-0.2, -0.15) is 0 Å². The van der Waals surface area contributed by atoms with Crippen LogP contribution < -0.4 is 5.73 Å². The van der Waals surface area contributed by atoms with Crippen molar-refractivity contribution in [3.63, 3.8) is 0 Å². The molecule has 3 nitrogen and oxygen atoms in total. The Kier molecular flexibility index (Phi) is 5.96. The van der Waals surface area contributed by atoms with Crippen molar-refractivity contribution in [2.24, 2.45) is 17.6 Å². The van der Waals surface area contributed by atoms with Gasteiger partial charge in [0.25, 0.3) is 0 Å². The van der Waals surface area contributed by atoms with E-state index in [1.54, 1.807) is 0 Å². The van der Waals surface area contributed by atoms with Gasteiger partial charge < -0.3 is 5.73 Å². The topological polar surface area (TPSA) is 53.1 Å². The van der Waals surface area contributed by atoms with Crippen LogP contribution in [0.2, 0.25) is 0 Å². The van der Waals surface area contributed by atoms with Crippen LogP contribution in [0.15, 0.2) is 0 Å². The highest BCUT2D eigenvalue weighted by Crippen LogP contribution is 2.30. The maximum absolute atomic E-state index is 7.53. The van der Waals surface area contributed by atoms with E-state index in [0.717, 1.165) is 25.0 Å². The summed E-state index contributed by atoms with van der Waals surface area (Å²) in [6.45, 7) is 8.64. The molecule has 17 heavy (non-hydrogen) atoms. The normalized spacial score (nSPS) is 27.1. The van der Waals surface area contributed by atoms with Gasteiger partial charge in [0.1, 0.15) is 0 Å². The Morgan fingerprint density at radius 3 is 2.53 bits per heavy atom. The number of nitrogens with one attached hydrogen (secondary N) is 1. The van der Waals surface area contributed by atoms with Crippen LogP contribution in [-0.2, 0) is 0 Å². The number of nitrogens with two attached hydrogens (primary N) is 1. The van der Waals surface area contributed by atoms with Crippen LogP contribution in [0.3, 0.4) is 0 Å². The smallest absolute Gasteiger partial charge is 0.0947 e. The van der Waals surface area contributed by atoms with Crippen LogP contribution in [0.4, 0.5) is 0 Å². The Balaban J connectivity index is 2.60. The fraction of sp³-hybridized carbons (Fsp3) is 0.929. The maximum atomic E-state index is 7.53. The summed E-state index contributed by atoms with van der Waals surface area (Å²) in [5, 5.41) is 7.53. The van der Waals surface area contributed by atoms with E-state index in [2.05, 4.69) is 25.7 Å². The predicted octanol–water partition coefficient (Wildman–Crippen LogP) is 2.85. The molecule has 100 valence electrons. The van der Waals surface area contributed by atoms with Crippen LogP contribution in [0, 0.1) is 17.2 Å². The zero-order chi connectivity index (χ0) is 12.8. The zero-order valence-corrected chi connectivity index (χ0v) is 11.7. The van der Waals surface area contributed by atoms with Crippen LogP contribution >= 0.6 is 0 Å². The van der Waals surface area contributed by atoms with Gasteiger partial charge >= 0.3 is 0 Å². The van der Waals surface area contributed by atoms with Gasteiger partial charge in [-0.3, -0.25) is 10.3 Å². The Labute approximate surface area is 106 Å². The second-order valence-corrected chi connectivity index (χ2v) is 5.46. The van der Waals surface area contributed by atoms with Crippen molar-refractivity contribution in [2.75, 3.05) is 13.1 Å². The molecule has 0 aromatic carbocycles. The SMILES string of the molecule is CCC1CCCCC1N(CC)CC(C)C(=N)N. The summed E-state index contributed by atoms with van der Waals surface area (Å²) >= 11 is 0. The molecule has 0 spiro atoms. The molecular formula is C14H29N3. The molecule has 3 N–H and O–H groups in total. The Hall–Kier alpha value is -0.570. The number of nitrogens with zero attached hydrogens (tertiary/aromatic N) is 1. The second kappa shape index (κ2) is 7.00. The van der Waals surface area contributed by atoms with Crippen LogP contribution in [-0.4, -0.2) is 29.9 Å². The van der Waals surface area contributed by atoms with E-state index in [-0.39, 0.29) is 5.92 Å². The van der Waals surface area contributed by atoms with E-state index in [1.807, 2.05) is 0 Å². The highest BCUT2D eigenvalue weighted by molar-refractivity contribution is 5.79. The largest absolute Gasteiger partial charge is 0.387 e. The molecule has 0 aromatic rings. The summed E-state index contributed by atoms with van der Waals surface area (Å²) in [4.78, 5) is 2.55. The van der Waals surface area contributed by atoms with Crippen LogP contribution in [0.1, 0.15) is 52.9 Å². The van der Waals surface area contributed by atoms with E-state index in [9.17, 15) is 0 Å². The minimum Gasteiger partial charge on any atom is -0.387 e. The van der Waals surface area contributed by atoms with Gasteiger partial charge in [-0.15, -0.1) is 0 Å². The van der Waals surface area contributed by atoms with Gasteiger partial charge in [0, 0.05) is 18.5 Å². The lowest BCUT2D eigenvalue weighted by Crippen LogP contribution is -2.45. The van der Waals surface area contributed by atoms with Crippen molar-refractivity contribution in [1.82, 2.24) is 4.90 Å². The van der Waals surface area contributed by atoms with E-state index >= 15 is 0 Å². The molecule has 0 bridgehead atoms. The summed E-state index contributed by atoms with van der Waals surface area (Å²) < 4.78 is 0. The van der Waals surface area contributed by atoms with Gasteiger partial charge in [0.15, 0.2) is 0 Å². The molecule has 3 unspecified atom stereocenters. The molecule has 1 aliphatic rings. The molecule has 1 rings (SSSR count). The van der Waals surface area contributed by atoms with Gasteiger partial charge in [-0.1, -0.05) is 40.0 Å². The van der Waals surface area contributed by atoms with Crippen molar-refractivity contribution in [1.29, 1.82) is 5.41 Å². The second-order valence-electron chi connectivity index (χ2n) is 5.46. The predicted molar refractivity (Wildman–Crippen MR) is 74.4 cm³/mol. The standard InChI is InChI=1S/C14H29N3/c1-4-12-8-6-7-9-13(12)17(5-2)10-11(3)14(15)16/h11-13H,4-10H2,1-3H3,(H3,15,16). The van der Waals surface area contributed by atoms with Crippen molar-refractivity contribution >= 4 is 5.84 Å². The zero-order valence-electron chi connectivity index (χ0n) is 11.7.